The van der Waals surface area contributed by atoms with E-state index in [9.17, 15) is 13.6 Å². The Labute approximate surface area is 113 Å². The smallest absolute Gasteiger partial charge is 0.410 e. The first kappa shape index (κ1) is 16.1. The molecule has 1 rings (SSSR count). The zero-order chi connectivity index (χ0) is 14.8. The minimum absolute atomic E-state index is 0.0849. The Morgan fingerprint density at radius 2 is 1.79 bits per heavy atom. The van der Waals surface area contributed by atoms with Crippen LogP contribution in [0.2, 0.25) is 0 Å². The largest absolute Gasteiger partial charge is 0.444 e. The lowest BCUT2D eigenvalue weighted by Crippen LogP contribution is -2.36. The fourth-order valence-corrected chi connectivity index (χ4v) is 2.37. The van der Waals surface area contributed by atoms with Crippen molar-refractivity contribution in [1.82, 2.24) is 4.90 Å². The first-order valence-corrected chi connectivity index (χ1v) is 6.57. The Kier molecular flexibility index (Phi) is 4.76. The number of rotatable bonds is 3. The molecule has 2 unspecified atom stereocenters. The van der Waals surface area contributed by atoms with Crippen molar-refractivity contribution >= 4 is 6.09 Å². The van der Waals surface area contributed by atoms with E-state index in [1.54, 1.807) is 20.8 Å². The summed E-state index contributed by atoms with van der Waals surface area (Å²) >= 11 is 0. The quantitative estimate of drug-likeness (QED) is 0.863. The zero-order valence-corrected chi connectivity index (χ0v) is 12.1. The van der Waals surface area contributed by atoms with Gasteiger partial charge >= 0.3 is 6.09 Å². The van der Waals surface area contributed by atoms with Gasteiger partial charge in [-0.2, -0.15) is 0 Å². The molecule has 0 radical (unpaired) electrons. The van der Waals surface area contributed by atoms with Crippen LogP contribution in [0.4, 0.5) is 13.6 Å². The summed E-state index contributed by atoms with van der Waals surface area (Å²) in [5.74, 6) is -3.09. The molecule has 1 fully saturated rings. The van der Waals surface area contributed by atoms with Gasteiger partial charge in [0.15, 0.2) is 0 Å². The number of carbonyl (C=O) groups is 1. The van der Waals surface area contributed by atoms with Crippen molar-refractivity contribution in [3.63, 3.8) is 0 Å². The Morgan fingerprint density at radius 3 is 2.21 bits per heavy atom. The van der Waals surface area contributed by atoms with Crippen LogP contribution in [0.25, 0.3) is 0 Å². The first-order valence-electron chi connectivity index (χ1n) is 6.57. The third kappa shape index (κ3) is 5.30. The normalized spacial score (nSPS) is 24.7. The number of halogens is 2. The van der Waals surface area contributed by atoms with Gasteiger partial charge in [-0.05, 0) is 46.1 Å². The third-order valence-electron chi connectivity index (χ3n) is 3.15. The highest BCUT2D eigenvalue weighted by molar-refractivity contribution is 5.68. The molecule has 0 aliphatic carbocycles. The van der Waals surface area contributed by atoms with Crippen LogP contribution >= 0.6 is 0 Å². The summed E-state index contributed by atoms with van der Waals surface area (Å²) in [5.41, 5.74) is 5.03. The molecule has 0 saturated carbocycles. The lowest BCUT2D eigenvalue weighted by molar-refractivity contribution is -0.00814. The molecule has 1 aliphatic heterocycles. The summed E-state index contributed by atoms with van der Waals surface area (Å²) in [7, 11) is 0. The number of ether oxygens (including phenoxy) is 1. The lowest BCUT2D eigenvalue weighted by atomic mass is 9.91. The predicted octanol–water partition coefficient (Wildman–Crippen LogP) is 2.47. The fourth-order valence-electron chi connectivity index (χ4n) is 2.37. The van der Waals surface area contributed by atoms with Gasteiger partial charge in [-0.3, -0.25) is 0 Å². The van der Waals surface area contributed by atoms with Crippen LogP contribution < -0.4 is 5.73 Å². The molecule has 0 aromatic heterocycles. The lowest BCUT2D eigenvalue weighted by Gasteiger charge is -2.24. The minimum Gasteiger partial charge on any atom is -0.444 e. The van der Waals surface area contributed by atoms with Crippen molar-refractivity contribution in [3.8, 4) is 0 Å². The number of hydrogen-bond acceptors (Lipinski definition) is 3. The van der Waals surface area contributed by atoms with Crippen LogP contribution in [0.15, 0.2) is 0 Å². The van der Waals surface area contributed by atoms with Crippen LogP contribution in [0.5, 0.6) is 0 Å². The number of hydrogen-bond donors (Lipinski definition) is 1. The van der Waals surface area contributed by atoms with Crippen LogP contribution in [0.1, 0.15) is 34.1 Å². The van der Waals surface area contributed by atoms with E-state index in [2.05, 4.69) is 0 Å². The highest BCUT2D eigenvalue weighted by atomic mass is 19.3. The molecular formula is C13H24F2N2O2. The van der Waals surface area contributed by atoms with Crippen LogP contribution in [0, 0.1) is 11.8 Å². The van der Waals surface area contributed by atoms with Crippen molar-refractivity contribution in [3.05, 3.63) is 0 Å². The molecule has 1 aliphatic rings. The Balaban J connectivity index is 2.63. The summed E-state index contributed by atoms with van der Waals surface area (Å²) in [4.78, 5) is 13.4. The number of nitrogens with zero attached hydrogens (tertiary/aromatic N) is 1. The summed E-state index contributed by atoms with van der Waals surface area (Å²) < 4.78 is 31.5. The monoisotopic (exact) mass is 278 g/mol. The third-order valence-corrected chi connectivity index (χ3v) is 3.15. The van der Waals surface area contributed by atoms with Gasteiger partial charge in [0.05, 0.1) is 0 Å². The van der Waals surface area contributed by atoms with Crippen molar-refractivity contribution in [2.45, 2.75) is 45.6 Å². The number of carbonyl (C=O) groups excluding carboxylic acids is 1. The molecule has 112 valence electrons. The highest BCUT2D eigenvalue weighted by Gasteiger charge is 2.40. The van der Waals surface area contributed by atoms with E-state index in [1.807, 2.05) is 0 Å². The molecule has 2 atom stereocenters. The molecule has 19 heavy (non-hydrogen) atoms. The average Bonchev–Trinajstić information content (AvgIpc) is 2.55. The standard InChI is InChI=1S/C13H24F2N2O2/c1-12(2,3)19-11(18)17-7-9(5-13(4,14)15)10(6-16)8-17/h9-10H,5-8,16H2,1-4H3. The Hall–Kier alpha value is -0.910. The van der Waals surface area contributed by atoms with E-state index < -0.39 is 17.6 Å². The van der Waals surface area contributed by atoms with E-state index >= 15 is 0 Å². The van der Waals surface area contributed by atoms with Crippen LogP contribution in [0.3, 0.4) is 0 Å². The van der Waals surface area contributed by atoms with Crippen molar-refractivity contribution in [2.24, 2.45) is 17.6 Å². The summed E-state index contributed by atoms with van der Waals surface area (Å²) in [6.45, 7) is 7.22. The molecule has 1 heterocycles. The second-order valence-electron chi connectivity index (χ2n) is 6.42. The van der Waals surface area contributed by atoms with Crippen LogP contribution in [-0.2, 0) is 4.74 Å². The summed E-state index contributed by atoms with van der Waals surface area (Å²) in [5, 5.41) is 0. The SMILES string of the molecule is CC(F)(F)CC1CN(C(=O)OC(C)(C)C)CC1CN. The van der Waals surface area contributed by atoms with Crippen molar-refractivity contribution in [2.75, 3.05) is 19.6 Å². The fraction of sp³-hybridized carbons (Fsp3) is 0.923. The molecule has 0 aromatic carbocycles. The number of alkyl halides is 2. The van der Waals surface area contributed by atoms with E-state index in [-0.39, 0.29) is 18.3 Å². The maximum Gasteiger partial charge on any atom is 0.410 e. The number of nitrogens with two attached hydrogens (primary N) is 1. The summed E-state index contributed by atoms with van der Waals surface area (Å²) in [6, 6.07) is 0. The molecule has 2 N–H and O–H groups in total. The van der Waals surface area contributed by atoms with Gasteiger partial charge in [0, 0.05) is 19.5 Å². The van der Waals surface area contributed by atoms with E-state index in [0.717, 1.165) is 6.92 Å². The molecule has 6 heteroatoms. The second-order valence-corrected chi connectivity index (χ2v) is 6.42. The molecule has 1 amide bonds. The molecule has 4 nitrogen and oxygen atoms in total. The van der Waals surface area contributed by atoms with E-state index in [0.29, 0.717) is 19.6 Å². The van der Waals surface area contributed by atoms with Gasteiger partial charge in [0.25, 0.3) is 0 Å². The zero-order valence-electron chi connectivity index (χ0n) is 12.1. The van der Waals surface area contributed by atoms with Gasteiger partial charge < -0.3 is 15.4 Å². The highest BCUT2D eigenvalue weighted by Crippen LogP contribution is 2.33. The second kappa shape index (κ2) is 5.61. The predicted molar refractivity (Wildman–Crippen MR) is 69.1 cm³/mol. The van der Waals surface area contributed by atoms with E-state index in [4.69, 9.17) is 10.5 Å². The molecule has 0 spiro atoms. The Morgan fingerprint density at radius 1 is 1.26 bits per heavy atom. The molecule has 0 bridgehead atoms. The Bertz CT molecular complexity index is 324. The first-order chi connectivity index (χ1) is 8.52. The number of amides is 1. The van der Waals surface area contributed by atoms with Gasteiger partial charge in [-0.1, -0.05) is 0 Å². The van der Waals surface area contributed by atoms with Gasteiger partial charge in [0.2, 0.25) is 5.92 Å². The molecule has 0 aromatic rings. The van der Waals surface area contributed by atoms with Gasteiger partial charge in [-0.15, -0.1) is 0 Å². The topological polar surface area (TPSA) is 55.6 Å². The maximum atomic E-state index is 13.1. The van der Waals surface area contributed by atoms with Gasteiger partial charge in [0.1, 0.15) is 5.60 Å². The van der Waals surface area contributed by atoms with Crippen molar-refractivity contribution < 1.29 is 18.3 Å². The molecule has 1 saturated heterocycles. The minimum atomic E-state index is -2.73. The van der Waals surface area contributed by atoms with Crippen molar-refractivity contribution in [1.29, 1.82) is 0 Å². The maximum absolute atomic E-state index is 13.1. The van der Waals surface area contributed by atoms with Gasteiger partial charge in [-0.25, -0.2) is 13.6 Å². The average molecular weight is 278 g/mol. The molecular weight excluding hydrogens is 254 g/mol. The van der Waals surface area contributed by atoms with Crippen LogP contribution in [-0.4, -0.2) is 42.2 Å². The van der Waals surface area contributed by atoms with E-state index in [1.165, 1.54) is 4.90 Å². The number of likely N-dealkylation sites (tertiary alicyclic amines) is 1. The summed E-state index contributed by atoms with van der Waals surface area (Å²) in [6.07, 6.45) is -0.693.